The standard InChI is InChI=1S/C20H17ClFNO4S/c1-3-26-17-7-4-12(8-18(17)25-2)19-23-14(11-28-19)10-27-20(24)15-6-5-13(21)9-16(15)22/h4-9,11H,3,10H2,1-2H3. The smallest absolute Gasteiger partial charge is 0.341 e. The van der Waals surface area contributed by atoms with Crippen molar-refractivity contribution in [1.29, 1.82) is 0 Å². The first-order valence-corrected chi connectivity index (χ1v) is 9.65. The van der Waals surface area contributed by atoms with Crippen molar-refractivity contribution in [3.8, 4) is 22.1 Å². The van der Waals surface area contributed by atoms with E-state index in [1.54, 1.807) is 12.5 Å². The van der Waals surface area contributed by atoms with E-state index >= 15 is 0 Å². The maximum absolute atomic E-state index is 13.8. The zero-order chi connectivity index (χ0) is 20.1. The Labute approximate surface area is 170 Å². The van der Waals surface area contributed by atoms with E-state index in [4.69, 9.17) is 25.8 Å². The van der Waals surface area contributed by atoms with E-state index in [1.165, 1.54) is 23.5 Å². The second-order valence-corrected chi connectivity index (χ2v) is 6.94. The van der Waals surface area contributed by atoms with Crippen LogP contribution in [0.5, 0.6) is 11.5 Å². The molecule has 2 aromatic carbocycles. The molecule has 8 heteroatoms. The summed E-state index contributed by atoms with van der Waals surface area (Å²) in [4.78, 5) is 16.5. The molecule has 0 atom stereocenters. The molecule has 0 fully saturated rings. The molecule has 146 valence electrons. The Morgan fingerprint density at radius 1 is 1.21 bits per heavy atom. The number of methoxy groups -OCH3 is 1. The van der Waals surface area contributed by atoms with Crippen molar-refractivity contribution in [3.63, 3.8) is 0 Å². The molecule has 0 bridgehead atoms. The lowest BCUT2D eigenvalue weighted by Gasteiger charge is -2.10. The van der Waals surface area contributed by atoms with Crippen LogP contribution in [0.25, 0.3) is 10.6 Å². The van der Waals surface area contributed by atoms with Crippen LogP contribution in [0.4, 0.5) is 4.39 Å². The van der Waals surface area contributed by atoms with Crippen LogP contribution in [0.2, 0.25) is 5.02 Å². The summed E-state index contributed by atoms with van der Waals surface area (Å²) in [5, 5.41) is 2.73. The minimum atomic E-state index is -0.772. The minimum absolute atomic E-state index is 0.0639. The Kier molecular flexibility index (Phi) is 6.49. The van der Waals surface area contributed by atoms with Gasteiger partial charge in [0.25, 0.3) is 0 Å². The molecule has 3 aromatic rings. The normalized spacial score (nSPS) is 10.6. The Bertz CT molecular complexity index is 992. The van der Waals surface area contributed by atoms with Crippen molar-refractivity contribution in [3.05, 3.63) is 63.9 Å². The molecule has 1 heterocycles. The van der Waals surface area contributed by atoms with Gasteiger partial charge in [0.2, 0.25) is 0 Å². The number of benzene rings is 2. The number of carbonyl (C=O) groups is 1. The Balaban J connectivity index is 1.69. The second kappa shape index (κ2) is 9.03. The summed E-state index contributed by atoms with van der Waals surface area (Å²) in [6.45, 7) is 2.37. The van der Waals surface area contributed by atoms with Crippen LogP contribution in [0, 0.1) is 5.82 Å². The van der Waals surface area contributed by atoms with E-state index in [2.05, 4.69) is 4.98 Å². The molecule has 5 nitrogen and oxygen atoms in total. The number of ether oxygens (including phenoxy) is 3. The molecular weight excluding hydrogens is 405 g/mol. The fourth-order valence-electron chi connectivity index (χ4n) is 2.45. The number of thiazole rings is 1. The van der Waals surface area contributed by atoms with Crippen LogP contribution in [-0.2, 0) is 11.3 Å². The van der Waals surface area contributed by atoms with Gasteiger partial charge in [0, 0.05) is 16.0 Å². The van der Waals surface area contributed by atoms with Crippen LogP contribution in [0.3, 0.4) is 0 Å². The fourth-order valence-corrected chi connectivity index (χ4v) is 3.41. The molecule has 0 aliphatic heterocycles. The van der Waals surface area contributed by atoms with E-state index in [9.17, 15) is 9.18 Å². The highest BCUT2D eigenvalue weighted by molar-refractivity contribution is 7.13. The van der Waals surface area contributed by atoms with Gasteiger partial charge >= 0.3 is 5.97 Å². The molecule has 0 spiro atoms. The van der Waals surface area contributed by atoms with E-state index in [0.717, 1.165) is 16.6 Å². The Hall–Kier alpha value is -2.64. The predicted octanol–water partition coefficient (Wildman–Crippen LogP) is 5.37. The lowest BCUT2D eigenvalue weighted by atomic mass is 10.2. The lowest BCUT2D eigenvalue weighted by molar-refractivity contribution is 0.0463. The quantitative estimate of drug-likeness (QED) is 0.480. The third kappa shape index (κ3) is 4.61. The predicted molar refractivity (Wildman–Crippen MR) is 106 cm³/mol. The van der Waals surface area contributed by atoms with E-state index < -0.39 is 11.8 Å². The van der Waals surface area contributed by atoms with Crippen molar-refractivity contribution >= 4 is 28.9 Å². The molecule has 3 rings (SSSR count). The average Bonchev–Trinajstić information content (AvgIpc) is 3.15. The third-order valence-corrected chi connectivity index (χ3v) is 4.94. The summed E-state index contributed by atoms with van der Waals surface area (Å²) in [7, 11) is 1.57. The molecule has 0 radical (unpaired) electrons. The maximum atomic E-state index is 13.8. The number of halogens is 2. The minimum Gasteiger partial charge on any atom is -0.493 e. The summed E-state index contributed by atoms with van der Waals surface area (Å²) >= 11 is 7.09. The van der Waals surface area contributed by atoms with Gasteiger partial charge in [0.05, 0.1) is 25.0 Å². The van der Waals surface area contributed by atoms with Gasteiger partial charge in [0.15, 0.2) is 11.5 Å². The highest BCUT2D eigenvalue weighted by Crippen LogP contribution is 2.34. The Morgan fingerprint density at radius 3 is 2.75 bits per heavy atom. The van der Waals surface area contributed by atoms with Gasteiger partial charge in [-0.05, 0) is 43.3 Å². The average molecular weight is 422 g/mol. The van der Waals surface area contributed by atoms with E-state index in [1.807, 2.05) is 25.1 Å². The molecule has 0 saturated heterocycles. The SMILES string of the molecule is CCOc1ccc(-c2nc(COC(=O)c3ccc(Cl)cc3F)cs2)cc1OC. The first-order chi connectivity index (χ1) is 13.5. The first kappa shape index (κ1) is 20.1. The molecule has 0 aliphatic carbocycles. The molecule has 0 unspecified atom stereocenters. The summed E-state index contributed by atoms with van der Waals surface area (Å²) in [5.41, 5.74) is 1.25. The maximum Gasteiger partial charge on any atom is 0.341 e. The van der Waals surface area contributed by atoms with Crippen LogP contribution in [-0.4, -0.2) is 24.7 Å². The summed E-state index contributed by atoms with van der Waals surface area (Å²) < 4.78 is 29.8. The van der Waals surface area contributed by atoms with E-state index in [0.29, 0.717) is 23.8 Å². The summed E-state index contributed by atoms with van der Waals surface area (Å²) in [5.74, 6) is -0.227. The number of hydrogen-bond donors (Lipinski definition) is 0. The van der Waals surface area contributed by atoms with Crippen molar-refractivity contribution in [2.24, 2.45) is 0 Å². The largest absolute Gasteiger partial charge is 0.493 e. The number of aromatic nitrogens is 1. The highest BCUT2D eigenvalue weighted by Gasteiger charge is 2.15. The topological polar surface area (TPSA) is 57.7 Å². The third-order valence-electron chi connectivity index (χ3n) is 3.76. The molecule has 0 amide bonds. The molecule has 28 heavy (non-hydrogen) atoms. The van der Waals surface area contributed by atoms with Crippen molar-refractivity contribution in [2.45, 2.75) is 13.5 Å². The summed E-state index contributed by atoms with van der Waals surface area (Å²) in [6.07, 6.45) is 0. The van der Waals surface area contributed by atoms with Crippen molar-refractivity contribution in [1.82, 2.24) is 4.98 Å². The van der Waals surface area contributed by atoms with Gasteiger partial charge in [-0.3, -0.25) is 0 Å². The van der Waals surface area contributed by atoms with Crippen LogP contribution < -0.4 is 9.47 Å². The van der Waals surface area contributed by atoms with E-state index in [-0.39, 0.29) is 17.2 Å². The van der Waals surface area contributed by atoms with Crippen LogP contribution in [0.1, 0.15) is 23.0 Å². The zero-order valence-electron chi connectivity index (χ0n) is 15.2. The van der Waals surface area contributed by atoms with Gasteiger partial charge in [-0.15, -0.1) is 11.3 Å². The number of esters is 1. The summed E-state index contributed by atoms with van der Waals surface area (Å²) in [6, 6.07) is 9.33. The van der Waals surface area contributed by atoms with Gasteiger partial charge in [0.1, 0.15) is 17.4 Å². The number of rotatable bonds is 7. The number of hydrogen-bond acceptors (Lipinski definition) is 6. The number of carbonyl (C=O) groups excluding carboxylic acids is 1. The molecule has 0 N–H and O–H groups in total. The molecule has 0 aliphatic rings. The lowest BCUT2D eigenvalue weighted by Crippen LogP contribution is -2.07. The molecule has 0 saturated carbocycles. The molecule has 1 aromatic heterocycles. The van der Waals surface area contributed by atoms with Crippen LogP contribution >= 0.6 is 22.9 Å². The van der Waals surface area contributed by atoms with Crippen molar-refractivity contribution in [2.75, 3.05) is 13.7 Å². The van der Waals surface area contributed by atoms with Crippen LogP contribution in [0.15, 0.2) is 41.8 Å². The van der Waals surface area contributed by atoms with Gasteiger partial charge in [-0.1, -0.05) is 11.6 Å². The molecular formula is C20H17ClFNO4S. The highest BCUT2D eigenvalue weighted by atomic mass is 35.5. The van der Waals surface area contributed by atoms with Gasteiger partial charge in [-0.2, -0.15) is 0 Å². The second-order valence-electron chi connectivity index (χ2n) is 5.64. The number of nitrogens with zero attached hydrogens (tertiary/aromatic N) is 1. The zero-order valence-corrected chi connectivity index (χ0v) is 16.8. The fraction of sp³-hybridized carbons (Fsp3) is 0.200. The van der Waals surface area contributed by atoms with Crippen molar-refractivity contribution < 1.29 is 23.4 Å². The first-order valence-electron chi connectivity index (χ1n) is 8.39. The monoisotopic (exact) mass is 421 g/mol. The van der Waals surface area contributed by atoms with Gasteiger partial charge < -0.3 is 14.2 Å². The van der Waals surface area contributed by atoms with Gasteiger partial charge in [-0.25, -0.2) is 14.2 Å². The Morgan fingerprint density at radius 2 is 2.04 bits per heavy atom.